The van der Waals surface area contributed by atoms with Crippen LogP contribution in [0, 0.1) is 12.7 Å². The van der Waals surface area contributed by atoms with E-state index < -0.39 is 23.1 Å². The highest BCUT2D eigenvalue weighted by Crippen LogP contribution is 2.44. The lowest BCUT2D eigenvalue weighted by molar-refractivity contribution is -0.139. The number of nitrogens with one attached hydrogen (secondary N) is 1. The maximum Gasteiger partial charge on any atom is 0.317 e. The molecule has 2 atom stereocenters. The summed E-state index contributed by atoms with van der Waals surface area (Å²) >= 11 is 6.04. The van der Waals surface area contributed by atoms with Crippen molar-refractivity contribution < 1.29 is 23.8 Å². The zero-order chi connectivity index (χ0) is 29.6. The molecule has 3 aromatic rings. The molecule has 1 amide bonds. The van der Waals surface area contributed by atoms with Gasteiger partial charge in [-0.25, -0.2) is 4.39 Å². The van der Waals surface area contributed by atoms with E-state index in [4.69, 9.17) is 16.3 Å². The highest BCUT2D eigenvalue weighted by molar-refractivity contribution is 6.30. The first-order valence-corrected chi connectivity index (χ1v) is 14.1. The number of hydrogen-bond donors (Lipinski definition) is 2. The van der Waals surface area contributed by atoms with Gasteiger partial charge in [-0.15, -0.1) is 0 Å². The number of aliphatic carboxylic acids is 1. The van der Waals surface area contributed by atoms with Crippen molar-refractivity contribution in [1.29, 1.82) is 0 Å². The summed E-state index contributed by atoms with van der Waals surface area (Å²) in [6, 6.07) is 6.32. The lowest BCUT2D eigenvalue weighted by Crippen LogP contribution is -2.58. The number of methoxy groups -OCH3 is 1. The molecule has 9 nitrogen and oxygen atoms in total. The minimum absolute atomic E-state index is 0.0561. The third kappa shape index (κ3) is 5.63. The van der Waals surface area contributed by atoms with E-state index in [1.165, 1.54) is 13.2 Å². The quantitative estimate of drug-likeness (QED) is 0.405. The second-order valence-electron chi connectivity index (χ2n) is 11.1. The molecule has 2 aromatic carbocycles. The molecule has 0 radical (unpaired) electrons. The van der Waals surface area contributed by atoms with Crippen LogP contribution in [-0.4, -0.2) is 65.3 Å². The molecular weight excluding hydrogens is 551 g/mol. The van der Waals surface area contributed by atoms with Gasteiger partial charge in [-0.1, -0.05) is 17.7 Å². The number of anilines is 1. The third-order valence-electron chi connectivity index (χ3n) is 8.07. The number of aromatic nitrogens is 1. The monoisotopic (exact) mass is 584 g/mol. The van der Waals surface area contributed by atoms with Crippen molar-refractivity contribution in [1.82, 2.24) is 14.8 Å². The number of pyridine rings is 1. The fourth-order valence-electron chi connectivity index (χ4n) is 5.87. The van der Waals surface area contributed by atoms with Crippen LogP contribution in [0.4, 0.5) is 10.1 Å². The molecule has 1 saturated carbocycles. The minimum atomic E-state index is -0.914. The first-order chi connectivity index (χ1) is 19.5. The Morgan fingerprint density at radius 1 is 1.17 bits per heavy atom. The van der Waals surface area contributed by atoms with E-state index in [1.54, 1.807) is 18.3 Å². The molecule has 218 valence electrons. The number of nitrogens with zero attached hydrogens (tertiary/aromatic N) is 3. The fourth-order valence-corrected chi connectivity index (χ4v) is 6.10. The number of hydrogen-bond acceptors (Lipinski definition) is 6. The number of rotatable bonds is 8. The van der Waals surface area contributed by atoms with Gasteiger partial charge in [0.2, 0.25) is 5.43 Å². The molecule has 5 rings (SSSR count). The summed E-state index contributed by atoms with van der Waals surface area (Å²) in [4.78, 5) is 42.0. The number of carbonyl (C=O) groups is 2. The van der Waals surface area contributed by atoms with Crippen LogP contribution in [0.25, 0.3) is 10.9 Å². The Hall–Kier alpha value is -3.63. The van der Waals surface area contributed by atoms with E-state index in [2.05, 4.69) is 5.32 Å². The van der Waals surface area contributed by atoms with Gasteiger partial charge in [0.1, 0.15) is 11.3 Å². The van der Waals surface area contributed by atoms with E-state index in [9.17, 15) is 19.5 Å². The first-order valence-electron chi connectivity index (χ1n) is 13.7. The number of benzene rings is 2. The Labute approximate surface area is 242 Å². The normalized spacial score (nSPS) is 19.4. The van der Waals surface area contributed by atoms with Gasteiger partial charge >= 0.3 is 5.97 Å². The smallest absolute Gasteiger partial charge is 0.317 e. The van der Waals surface area contributed by atoms with Crippen molar-refractivity contribution >= 4 is 40.1 Å². The Bertz CT molecular complexity index is 1580. The highest BCUT2D eigenvalue weighted by atomic mass is 35.5. The Morgan fingerprint density at radius 3 is 2.44 bits per heavy atom. The molecule has 11 heteroatoms. The molecule has 1 saturated heterocycles. The van der Waals surface area contributed by atoms with Crippen LogP contribution in [0.3, 0.4) is 0 Å². The Balaban J connectivity index is 1.54. The van der Waals surface area contributed by atoms with Crippen LogP contribution in [0.1, 0.15) is 54.2 Å². The van der Waals surface area contributed by atoms with Crippen LogP contribution in [0.15, 0.2) is 35.3 Å². The number of carbonyl (C=O) groups excluding carboxylic acids is 1. The van der Waals surface area contributed by atoms with E-state index in [0.29, 0.717) is 23.6 Å². The molecule has 2 heterocycles. The van der Waals surface area contributed by atoms with E-state index >= 15 is 4.39 Å². The molecule has 0 spiro atoms. The second-order valence-corrected chi connectivity index (χ2v) is 11.5. The minimum Gasteiger partial charge on any atom is -0.492 e. The van der Waals surface area contributed by atoms with Crippen LogP contribution < -0.4 is 20.4 Å². The standard InChI is InChI=1S/C30H34ClFN4O5/c1-16-9-20(31)6-5-19(16)11-33-30(40)23-14-36(21-7-8-21)26-22(28(23)39)10-24(32)27(29(26)41-4)34-12-17(2)35(15-25(37)38)18(3)13-34/h5-6,9-10,14,17-18,21H,7-8,11-13,15H2,1-4H3,(H,33,40)(H,37,38)/t17-,18+. The number of amides is 1. The Kier molecular flexibility index (Phi) is 7.98. The maximum atomic E-state index is 15.9. The van der Waals surface area contributed by atoms with Gasteiger partial charge in [0.05, 0.1) is 24.6 Å². The van der Waals surface area contributed by atoms with Gasteiger partial charge in [-0.3, -0.25) is 19.3 Å². The molecule has 41 heavy (non-hydrogen) atoms. The molecule has 2 fully saturated rings. The molecule has 1 aliphatic heterocycles. The van der Waals surface area contributed by atoms with Crippen LogP contribution in [0.2, 0.25) is 5.02 Å². The fraction of sp³-hybridized carbons (Fsp3) is 0.433. The van der Waals surface area contributed by atoms with Crippen LogP contribution in [0.5, 0.6) is 5.75 Å². The predicted octanol–water partition coefficient (Wildman–Crippen LogP) is 4.36. The van der Waals surface area contributed by atoms with Crippen molar-refractivity contribution in [3.63, 3.8) is 0 Å². The zero-order valence-corrected chi connectivity index (χ0v) is 24.3. The topological polar surface area (TPSA) is 104 Å². The van der Waals surface area contributed by atoms with E-state index in [0.717, 1.165) is 24.0 Å². The second kappa shape index (κ2) is 11.3. The summed E-state index contributed by atoms with van der Waals surface area (Å²) < 4.78 is 23.6. The van der Waals surface area contributed by atoms with Crippen LogP contribution in [-0.2, 0) is 11.3 Å². The van der Waals surface area contributed by atoms with E-state index in [-0.39, 0.29) is 53.6 Å². The van der Waals surface area contributed by atoms with Gasteiger partial charge < -0.3 is 24.6 Å². The lowest BCUT2D eigenvalue weighted by atomic mass is 10.0. The first kappa shape index (κ1) is 28.9. The molecule has 2 N–H and O–H groups in total. The van der Waals surface area contributed by atoms with Crippen molar-refractivity contribution in [3.05, 3.63) is 68.2 Å². The number of halogens is 2. The average Bonchev–Trinajstić information content (AvgIpc) is 3.75. The number of fused-ring (bicyclic) bond motifs is 1. The molecule has 1 aliphatic carbocycles. The lowest BCUT2D eigenvalue weighted by Gasteiger charge is -2.45. The summed E-state index contributed by atoms with van der Waals surface area (Å²) in [5, 5.41) is 12.8. The Morgan fingerprint density at radius 2 is 1.85 bits per heavy atom. The number of piperazine rings is 1. The third-order valence-corrected chi connectivity index (χ3v) is 8.30. The summed E-state index contributed by atoms with van der Waals surface area (Å²) in [6.45, 7) is 6.59. The maximum absolute atomic E-state index is 15.9. The zero-order valence-electron chi connectivity index (χ0n) is 23.5. The number of carboxylic acids is 1. The summed E-state index contributed by atoms with van der Waals surface area (Å²) in [5.41, 5.74) is 1.84. The molecule has 0 unspecified atom stereocenters. The molecule has 0 bridgehead atoms. The van der Waals surface area contributed by atoms with Gasteiger partial charge in [0.15, 0.2) is 11.6 Å². The van der Waals surface area contributed by atoms with Gasteiger partial charge in [-0.05, 0) is 62.9 Å². The summed E-state index contributed by atoms with van der Waals surface area (Å²) in [5.74, 6) is -1.85. The largest absolute Gasteiger partial charge is 0.492 e. The van der Waals surface area contributed by atoms with Crippen molar-refractivity contribution in [2.24, 2.45) is 0 Å². The van der Waals surface area contributed by atoms with Crippen molar-refractivity contribution in [3.8, 4) is 5.75 Å². The SMILES string of the molecule is COc1c(N2C[C@@H](C)N(CC(=O)O)[C@@H](C)C2)c(F)cc2c(=O)c(C(=O)NCc3ccc(Cl)cc3C)cn(C3CC3)c12. The number of carboxylic acid groups (broad SMARTS) is 1. The average molecular weight is 585 g/mol. The van der Waals surface area contributed by atoms with Gasteiger partial charge in [0, 0.05) is 49.0 Å². The van der Waals surface area contributed by atoms with Crippen molar-refractivity contribution in [2.45, 2.75) is 58.3 Å². The molecular formula is C30H34ClFN4O5. The van der Waals surface area contributed by atoms with Gasteiger partial charge in [0.25, 0.3) is 5.91 Å². The van der Waals surface area contributed by atoms with Crippen LogP contribution >= 0.6 is 11.6 Å². The predicted molar refractivity (Wildman–Crippen MR) is 156 cm³/mol. The highest BCUT2D eigenvalue weighted by Gasteiger charge is 2.36. The number of ether oxygens (including phenoxy) is 1. The van der Waals surface area contributed by atoms with Gasteiger partial charge in [-0.2, -0.15) is 0 Å². The summed E-state index contributed by atoms with van der Waals surface area (Å²) in [7, 11) is 1.45. The summed E-state index contributed by atoms with van der Waals surface area (Å²) in [6.07, 6.45) is 3.29. The van der Waals surface area contributed by atoms with Crippen molar-refractivity contribution in [2.75, 3.05) is 31.6 Å². The molecule has 2 aliphatic rings. The van der Waals surface area contributed by atoms with E-state index in [1.807, 2.05) is 41.2 Å². The number of aryl methyl sites for hydroxylation is 1. The molecule has 1 aromatic heterocycles.